The van der Waals surface area contributed by atoms with Crippen LogP contribution in [0, 0.1) is 0 Å². The smallest absolute Gasteiger partial charge is 0.254 e. The SMILES string of the molecule is CCN(Cc1ccccc1Cl)C(=O)c1ccnc(Br)c1. The number of rotatable bonds is 4. The molecule has 20 heavy (non-hydrogen) atoms. The standard InChI is InChI=1S/C15H14BrClN2O/c1-2-19(10-12-5-3-4-6-13(12)17)15(20)11-7-8-18-14(16)9-11/h3-9H,2,10H2,1H3. The third-order valence-corrected chi connectivity index (χ3v) is 3.76. The van der Waals surface area contributed by atoms with Crippen molar-refractivity contribution in [3.8, 4) is 0 Å². The van der Waals surface area contributed by atoms with Crippen molar-refractivity contribution < 1.29 is 4.79 Å². The summed E-state index contributed by atoms with van der Waals surface area (Å²) in [6.45, 7) is 3.06. The van der Waals surface area contributed by atoms with Gasteiger partial charge in [0.25, 0.3) is 5.91 Å². The Morgan fingerprint density at radius 3 is 2.75 bits per heavy atom. The highest BCUT2D eigenvalue weighted by molar-refractivity contribution is 9.10. The number of aromatic nitrogens is 1. The van der Waals surface area contributed by atoms with Crippen molar-refractivity contribution in [1.29, 1.82) is 0 Å². The van der Waals surface area contributed by atoms with Gasteiger partial charge in [0, 0.05) is 29.9 Å². The van der Waals surface area contributed by atoms with Gasteiger partial charge in [-0.15, -0.1) is 0 Å². The first kappa shape index (κ1) is 15.0. The van der Waals surface area contributed by atoms with Gasteiger partial charge in [-0.2, -0.15) is 0 Å². The van der Waals surface area contributed by atoms with Crippen LogP contribution in [-0.2, 0) is 6.54 Å². The minimum atomic E-state index is -0.0319. The molecule has 0 aliphatic carbocycles. The topological polar surface area (TPSA) is 33.2 Å². The van der Waals surface area contributed by atoms with E-state index in [2.05, 4.69) is 20.9 Å². The van der Waals surface area contributed by atoms with Gasteiger partial charge in [0.2, 0.25) is 0 Å². The fourth-order valence-corrected chi connectivity index (χ4v) is 2.44. The summed E-state index contributed by atoms with van der Waals surface area (Å²) in [6.07, 6.45) is 1.61. The van der Waals surface area contributed by atoms with Gasteiger partial charge in [0.15, 0.2) is 0 Å². The van der Waals surface area contributed by atoms with E-state index in [0.717, 1.165) is 5.56 Å². The molecule has 0 unspecified atom stereocenters. The normalized spacial score (nSPS) is 10.3. The van der Waals surface area contributed by atoms with Gasteiger partial charge < -0.3 is 4.90 Å². The molecule has 0 spiro atoms. The number of halogens is 2. The molecule has 1 amide bonds. The van der Waals surface area contributed by atoms with Crippen LogP contribution in [0.1, 0.15) is 22.8 Å². The molecule has 5 heteroatoms. The van der Waals surface area contributed by atoms with Crippen molar-refractivity contribution in [1.82, 2.24) is 9.88 Å². The van der Waals surface area contributed by atoms with E-state index >= 15 is 0 Å². The Bertz CT molecular complexity index is 618. The molecule has 0 aliphatic heterocycles. The Labute approximate surface area is 131 Å². The first-order valence-electron chi connectivity index (χ1n) is 6.26. The van der Waals surface area contributed by atoms with E-state index in [4.69, 9.17) is 11.6 Å². The number of carbonyl (C=O) groups excluding carboxylic acids is 1. The Morgan fingerprint density at radius 1 is 1.35 bits per heavy atom. The highest BCUT2D eigenvalue weighted by Gasteiger charge is 2.16. The summed E-state index contributed by atoms with van der Waals surface area (Å²) < 4.78 is 0.650. The van der Waals surface area contributed by atoms with Gasteiger partial charge in [-0.1, -0.05) is 29.8 Å². The van der Waals surface area contributed by atoms with E-state index in [1.54, 1.807) is 23.2 Å². The zero-order valence-corrected chi connectivity index (χ0v) is 13.4. The summed E-state index contributed by atoms with van der Waals surface area (Å²) in [7, 11) is 0. The molecular formula is C15H14BrClN2O. The fourth-order valence-electron chi connectivity index (χ4n) is 1.88. The second kappa shape index (κ2) is 6.86. The zero-order chi connectivity index (χ0) is 14.5. The largest absolute Gasteiger partial charge is 0.335 e. The molecule has 0 aliphatic rings. The van der Waals surface area contributed by atoms with Crippen molar-refractivity contribution in [2.75, 3.05) is 6.54 Å². The predicted octanol–water partition coefficient (Wildman–Crippen LogP) is 4.16. The summed E-state index contributed by atoms with van der Waals surface area (Å²) in [6, 6.07) is 11.0. The van der Waals surface area contributed by atoms with Crippen LogP contribution in [0.15, 0.2) is 47.2 Å². The van der Waals surface area contributed by atoms with Gasteiger partial charge in [0.1, 0.15) is 4.60 Å². The van der Waals surface area contributed by atoms with Crippen LogP contribution in [-0.4, -0.2) is 22.3 Å². The van der Waals surface area contributed by atoms with E-state index in [1.165, 1.54) is 0 Å². The lowest BCUT2D eigenvalue weighted by molar-refractivity contribution is 0.0752. The number of pyridine rings is 1. The highest BCUT2D eigenvalue weighted by Crippen LogP contribution is 2.18. The van der Waals surface area contributed by atoms with E-state index < -0.39 is 0 Å². The second-order valence-corrected chi connectivity index (χ2v) is 5.50. The van der Waals surface area contributed by atoms with Crippen LogP contribution in [0.25, 0.3) is 0 Å². The lowest BCUT2D eigenvalue weighted by Gasteiger charge is -2.21. The summed E-state index contributed by atoms with van der Waals surface area (Å²) >= 11 is 9.42. The molecule has 0 saturated heterocycles. The molecule has 1 aromatic carbocycles. The Balaban J connectivity index is 2.20. The maximum Gasteiger partial charge on any atom is 0.254 e. The van der Waals surface area contributed by atoms with Crippen LogP contribution < -0.4 is 0 Å². The molecule has 2 aromatic rings. The average Bonchev–Trinajstić information content (AvgIpc) is 2.46. The average molecular weight is 354 g/mol. The molecule has 0 fully saturated rings. The molecule has 1 aromatic heterocycles. The molecule has 0 atom stereocenters. The van der Waals surface area contributed by atoms with Crippen LogP contribution in [0.3, 0.4) is 0 Å². The zero-order valence-electron chi connectivity index (χ0n) is 11.0. The maximum absolute atomic E-state index is 12.5. The minimum Gasteiger partial charge on any atom is -0.335 e. The van der Waals surface area contributed by atoms with Gasteiger partial charge >= 0.3 is 0 Å². The van der Waals surface area contributed by atoms with E-state index in [-0.39, 0.29) is 5.91 Å². The molecule has 104 valence electrons. The van der Waals surface area contributed by atoms with Crippen LogP contribution in [0.2, 0.25) is 5.02 Å². The third-order valence-electron chi connectivity index (χ3n) is 2.96. The predicted molar refractivity (Wildman–Crippen MR) is 83.8 cm³/mol. The molecule has 2 rings (SSSR count). The number of hydrogen-bond donors (Lipinski definition) is 0. The molecule has 0 radical (unpaired) electrons. The van der Waals surface area contributed by atoms with Crippen LogP contribution in [0.4, 0.5) is 0 Å². The molecule has 1 heterocycles. The number of benzene rings is 1. The lowest BCUT2D eigenvalue weighted by Crippen LogP contribution is -2.30. The number of amides is 1. The molecular weight excluding hydrogens is 340 g/mol. The van der Waals surface area contributed by atoms with E-state index in [1.807, 2.05) is 31.2 Å². The first-order valence-corrected chi connectivity index (χ1v) is 7.43. The number of nitrogens with zero attached hydrogens (tertiary/aromatic N) is 2. The van der Waals surface area contributed by atoms with Crippen molar-refractivity contribution >= 4 is 33.4 Å². The quantitative estimate of drug-likeness (QED) is 0.773. The maximum atomic E-state index is 12.5. The fraction of sp³-hybridized carbons (Fsp3) is 0.200. The van der Waals surface area contributed by atoms with Crippen molar-refractivity contribution in [2.24, 2.45) is 0 Å². The highest BCUT2D eigenvalue weighted by atomic mass is 79.9. The van der Waals surface area contributed by atoms with Crippen LogP contribution >= 0.6 is 27.5 Å². The summed E-state index contributed by atoms with van der Waals surface area (Å²) in [5.74, 6) is -0.0319. The molecule has 0 bridgehead atoms. The Hall–Kier alpha value is -1.39. The Kier molecular flexibility index (Phi) is 5.15. The van der Waals surface area contributed by atoms with Crippen molar-refractivity contribution in [2.45, 2.75) is 13.5 Å². The van der Waals surface area contributed by atoms with E-state index in [0.29, 0.717) is 28.3 Å². The summed E-state index contributed by atoms with van der Waals surface area (Å²) in [5.41, 5.74) is 1.55. The molecule has 3 nitrogen and oxygen atoms in total. The monoisotopic (exact) mass is 352 g/mol. The third kappa shape index (κ3) is 3.58. The molecule has 0 N–H and O–H groups in total. The first-order chi connectivity index (χ1) is 9.61. The summed E-state index contributed by atoms with van der Waals surface area (Å²) in [5, 5.41) is 0.676. The lowest BCUT2D eigenvalue weighted by atomic mass is 10.2. The van der Waals surface area contributed by atoms with E-state index in [9.17, 15) is 4.79 Å². The van der Waals surface area contributed by atoms with Gasteiger partial charge in [-0.05, 0) is 46.6 Å². The van der Waals surface area contributed by atoms with Crippen molar-refractivity contribution in [3.05, 3.63) is 63.3 Å². The van der Waals surface area contributed by atoms with Gasteiger partial charge in [-0.3, -0.25) is 4.79 Å². The van der Waals surface area contributed by atoms with Gasteiger partial charge in [-0.25, -0.2) is 4.98 Å². The molecule has 0 saturated carbocycles. The second-order valence-electron chi connectivity index (χ2n) is 4.28. The Morgan fingerprint density at radius 2 is 2.10 bits per heavy atom. The summed E-state index contributed by atoms with van der Waals surface area (Å²) in [4.78, 5) is 18.3. The number of carbonyl (C=O) groups is 1. The minimum absolute atomic E-state index is 0.0319. The van der Waals surface area contributed by atoms with Gasteiger partial charge in [0.05, 0.1) is 0 Å². The number of hydrogen-bond acceptors (Lipinski definition) is 2. The van der Waals surface area contributed by atoms with Crippen LogP contribution in [0.5, 0.6) is 0 Å². The van der Waals surface area contributed by atoms with Crippen molar-refractivity contribution in [3.63, 3.8) is 0 Å².